The molecule has 5 nitrogen and oxygen atoms in total. The molecule has 0 radical (unpaired) electrons. The van der Waals surface area contributed by atoms with Gasteiger partial charge in [-0.25, -0.2) is 0 Å². The molecule has 4 atom stereocenters. The van der Waals surface area contributed by atoms with Crippen LogP contribution in [-0.4, -0.2) is 40.1 Å². The number of aliphatic hydroxyl groups is 3. The van der Waals surface area contributed by atoms with Gasteiger partial charge in [0.05, 0.1) is 0 Å². The zero-order valence-electron chi connectivity index (χ0n) is 9.91. The van der Waals surface area contributed by atoms with E-state index in [1.165, 1.54) is 0 Å². The van der Waals surface area contributed by atoms with Crippen LogP contribution in [0.15, 0.2) is 36.1 Å². The Morgan fingerprint density at radius 3 is 2.29 bits per heavy atom. The molecule has 0 bridgehead atoms. The molecule has 96 valence electrons. The highest BCUT2D eigenvalue weighted by Gasteiger charge is 2.43. The predicted octanol–water partition coefficient (Wildman–Crippen LogP) is 0.436. The number of aliphatic hydroxyl groups excluding tert-OH is 3. The highest BCUT2D eigenvalue weighted by Crippen LogP contribution is 2.23. The van der Waals surface area contributed by atoms with Gasteiger partial charge in [0.25, 0.3) is 0 Å². The zero-order valence-corrected chi connectivity index (χ0v) is 9.91. The first kappa shape index (κ1) is 13.9. The van der Waals surface area contributed by atoms with Crippen molar-refractivity contribution < 1.29 is 24.8 Å². The van der Waals surface area contributed by atoms with Crippen molar-refractivity contribution in [2.24, 2.45) is 0 Å². The summed E-state index contributed by atoms with van der Waals surface area (Å²) in [5, 5.41) is 28.0. The Balaban J connectivity index is 2.62. The molecule has 0 aromatic rings. The van der Waals surface area contributed by atoms with Gasteiger partial charge in [-0.3, -0.25) is 0 Å². The summed E-state index contributed by atoms with van der Waals surface area (Å²) in [6.45, 7) is 7.29. The van der Waals surface area contributed by atoms with Crippen LogP contribution in [0.2, 0.25) is 0 Å². The Bertz CT molecular complexity index is 334. The Morgan fingerprint density at radius 2 is 1.88 bits per heavy atom. The number of hydrogen-bond donors (Lipinski definition) is 3. The quantitative estimate of drug-likeness (QED) is 0.492. The third kappa shape index (κ3) is 3.67. The lowest BCUT2D eigenvalue weighted by molar-refractivity contribution is -0.188. The molecule has 1 aliphatic heterocycles. The van der Waals surface area contributed by atoms with Crippen molar-refractivity contribution >= 4 is 0 Å². The fourth-order valence-corrected chi connectivity index (χ4v) is 1.29. The minimum absolute atomic E-state index is 0.457. The SMILES string of the molecule is C=C(C)/C=C\C(=C/C)OC1OC(O)C(O)C1O. The van der Waals surface area contributed by atoms with Crippen molar-refractivity contribution in [3.63, 3.8) is 0 Å². The Morgan fingerprint density at radius 1 is 1.24 bits per heavy atom. The third-order valence-electron chi connectivity index (χ3n) is 2.26. The summed E-state index contributed by atoms with van der Waals surface area (Å²) in [4.78, 5) is 0. The first-order valence-electron chi connectivity index (χ1n) is 5.32. The molecule has 0 saturated carbocycles. The number of ether oxygens (including phenoxy) is 2. The van der Waals surface area contributed by atoms with Crippen LogP contribution in [0.3, 0.4) is 0 Å². The van der Waals surface area contributed by atoms with Crippen molar-refractivity contribution in [2.75, 3.05) is 0 Å². The van der Waals surface area contributed by atoms with E-state index >= 15 is 0 Å². The smallest absolute Gasteiger partial charge is 0.231 e. The molecular formula is C12H18O5. The lowest BCUT2D eigenvalue weighted by atomic mass is 10.2. The average Bonchev–Trinajstić information content (AvgIpc) is 2.52. The molecule has 1 aliphatic rings. The molecule has 1 saturated heterocycles. The summed E-state index contributed by atoms with van der Waals surface area (Å²) in [6.07, 6.45) is -0.0772. The van der Waals surface area contributed by atoms with E-state index in [1.54, 1.807) is 25.2 Å². The molecule has 0 aliphatic carbocycles. The van der Waals surface area contributed by atoms with Crippen LogP contribution in [0.25, 0.3) is 0 Å². The summed E-state index contributed by atoms with van der Waals surface area (Å²) in [5.74, 6) is 0.457. The van der Waals surface area contributed by atoms with E-state index in [1.807, 2.05) is 6.92 Å². The van der Waals surface area contributed by atoms with Crippen LogP contribution < -0.4 is 0 Å². The van der Waals surface area contributed by atoms with E-state index in [2.05, 4.69) is 6.58 Å². The normalized spacial score (nSPS) is 34.3. The van der Waals surface area contributed by atoms with Crippen LogP contribution in [0.1, 0.15) is 13.8 Å². The van der Waals surface area contributed by atoms with E-state index in [4.69, 9.17) is 9.47 Å². The molecule has 5 heteroatoms. The van der Waals surface area contributed by atoms with Crippen molar-refractivity contribution in [2.45, 2.75) is 38.6 Å². The molecule has 3 N–H and O–H groups in total. The summed E-state index contributed by atoms with van der Waals surface area (Å²) < 4.78 is 10.2. The summed E-state index contributed by atoms with van der Waals surface area (Å²) in [7, 11) is 0. The monoisotopic (exact) mass is 242 g/mol. The average molecular weight is 242 g/mol. The van der Waals surface area contributed by atoms with Gasteiger partial charge in [0.1, 0.15) is 18.0 Å². The topological polar surface area (TPSA) is 79.2 Å². The van der Waals surface area contributed by atoms with Crippen LogP contribution in [0, 0.1) is 0 Å². The standard InChI is InChI=1S/C12H18O5/c1-4-8(6-5-7(2)3)16-12-10(14)9(13)11(15)17-12/h4-6,9-15H,2H2,1,3H3/b6-5-,8-4+. The van der Waals surface area contributed by atoms with E-state index in [9.17, 15) is 15.3 Å². The van der Waals surface area contributed by atoms with Gasteiger partial charge in [0.15, 0.2) is 6.29 Å². The lowest BCUT2D eigenvalue weighted by Gasteiger charge is -2.16. The highest BCUT2D eigenvalue weighted by atomic mass is 16.8. The molecule has 0 aromatic carbocycles. The molecule has 17 heavy (non-hydrogen) atoms. The molecular weight excluding hydrogens is 224 g/mol. The maximum Gasteiger partial charge on any atom is 0.231 e. The van der Waals surface area contributed by atoms with Crippen LogP contribution in [0.4, 0.5) is 0 Å². The number of hydrogen-bond acceptors (Lipinski definition) is 5. The third-order valence-corrected chi connectivity index (χ3v) is 2.26. The molecule has 4 unspecified atom stereocenters. The van der Waals surface area contributed by atoms with E-state index in [0.717, 1.165) is 5.57 Å². The maximum absolute atomic E-state index is 9.52. The van der Waals surface area contributed by atoms with Crippen LogP contribution >= 0.6 is 0 Å². The Hall–Kier alpha value is -1.14. The second-order valence-corrected chi connectivity index (χ2v) is 3.86. The molecule has 1 heterocycles. The summed E-state index contributed by atoms with van der Waals surface area (Å²) >= 11 is 0. The molecule has 0 aromatic heterocycles. The second-order valence-electron chi connectivity index (χ2n) is 3.86. The van der Waals surface area contributed by atoms with Gasteiger partial charge in [-0.2, -0.15) is 0 Å². The first-order chi connectivity index (χ1) is 7.95. The Labute approximate surface area is 100 Å². The predicted molar refractivity (Wildman–Crippen MR) is 61.7 cm³/mol. The minimum Gasteiger partial charge on any atom is -0.462 e. The summed E-state index contributed by atoms with van der Waals surface area (Å²) in [5.41, 5.74) is 0.848. The maximum atomic E-state index is 9.52. The minimum atomic E-state index is -1.43. The van der Waals surface area contributed by atoms with Gasteiger partial charge in [0, 0.05) is 0 Å². The fourth-order valence-electron chi connectivity index (χ4n) is 1.29. The van der Waals surface area contributed by atoms with Crippen molar-refractivity contribution in [3.05, 3.63) is 36.1 Å². The highest BCUT2D eigenvalue weighted by molar-refractivity contribution is 5.21. The van der Waals surface area contributed by atoms with E-state index in [0.29, 0.717) is 5.76 Å². The van der Waals surface area contributed by atoms with Crippen molar-refractivity contribution in [3.8, 4) is 0 Å². The molecule has 0 spiro atoms. The van der Waals surface area contributed by atoms with Crippen LogP contribution in [-0.2, 0) is 9.47 Å². The molecule has 1 fully saturated rings. The van der Waals surface area contributed by atoms with E-state index in [-0.39, 0.29) is 0 Å². The van der Waals surface area contributed by atoms with E-state index < -0.39 is 24.8 Å². The van der Waals surface area contributed by atoms with Gasteiger partial charge in [-0.05, 0) is 26.0 Å². The number of allylic oxidation sites excluding steroid dienone is 4. The largest absolute Gasteiger partial charge is 0.462 e. The first-order valence-corrected chi connectivity index (χ1v) is 5.32. The molecule has 0 amide bonds. The molecule has 1 rings (SSSR count). The van der Waals surface area contributed by atoms with Gasteiger partial charge in [-0.15, -0.1) is 0 Å². The van der Waals surface area contributed by atoms with Crippen LogP contribution in [0.5, 0.6) is 0 Å². The number of rotatable bonds is 4. The summed E-state index contributed by atoms with van der Waals surface area (Å²) in [6, 6.07) is 0. The van der Waals surface area contributed by atoms with Gasteiger partial charge in [0.2, 0.25) is 6.29 Å². The van der Waals surface area contributed by atoms with Crippen molar-refractivity contribution in [1.82, 2.24) is 0 Å². The zero-order chi connectivity index (χ0) is 13.0. The Kier molecular flexibility index (Phi) is 4.89. The van der Waals surface area contributed by atoms with Crippen molar-refractivity contribution in [1.29, 1.82) is 0 Å². The van der Waals surface area contributed by atoms with Gasteiger partial charge in [-0.1, -0.05) is 18.2 Å². The fraction of sp³-hybridized carbons (Fsp3) is 0.500. The van der Waals surface area contributed by atoms with Gasteiger partial charge >= 0.3 is 0 Å². The second kappa shape index (κ2) is 5.97. The van der Waals surface area contributed by atoms with Gasteiger partial charge < -0.3 is 24.8 Å². The lowest BCUT2D eigenvalue weighted by Crippen LogP contribution is -2.33.